The molecule has 1 N–H and O–H groups in total. The van der Waals surface area contributed by atoms with Crippen molar-refractivity contribution < 1.29 is 14.3 Å². The van der Waals surface area contributed by atoms with Crippen LogP contribution in [0.25, 0.3) is 0 Å². The summed E-state index contributed by atoms with van der Waals surface area (Å²) in [4.78, 5) is 23.8. The second kappa shape index (κ2) is 8.14. The zero-order chi connectivity index (χ0) is 16.7. The van der Waals surface area contributed by atoms with E-state index in [2.05, 4.69) is 28.3 Å². The van der Waals surface area contributed by atoms with Gasteiger partial charge < -0.3 is 10.1 Å². The summed E-state index contributed by atoms with van der Waals surface area (Å²) in [7, 11) is 1.36. The molecule has 1 saturated carbocycles. The zero-order valence-corrected chi connectivity index (χ0v) is 14.1. The van der Waals surface area contributed by atoms with E-state index in [1.165, 1.54) is 19.1 Å². The molecule has 1 radical (unpaired) electrons. The Morgan fingerprint density at radius 3 is 2.52 bits per heavy atom. The first kappa shape index (κ1) is 17.5. The average molecular weight is 316 g/mol. The lowest BCUT2D eigenvalue weighted by atomic mass is 9.67. The Morgan fingerprint density at radius 1 is 1.26 bits per heavy atom. The van der Waals surface area contributed by atoms with Crippen LogP contribution >= 0.6 is 0 Å². The highest BCUT2D eigenvalue weighted by Gasteiger charge is 2.36. The first-order valence-corrected chi connectivity index (χ1v) is 8.38. The van der Waals surface area contributed by atoms with Gasteiger partial charge in [0, 0.05) is 17.9 Å². The lowest BCUT2D eigenvalue weighted by Gasteiger charge is -2.37. The van der Waals surface area contributed by atoms with Crippen LogP contribution in [0.1, 0.15) is 57.4 Å². The molecule has 1 aromatic rings. The number of methoxy groups -OCH3 is 1. The van der Waals surface area contributed by atoms with Crippen molar-refractivity contribution in [2.75, 3.05) is 7.11 Å². The summed E-state index contributed by atoms with van der Waals surface area (Å²) in [6.45, 7) is 1.83. The molecule has 1 atom stereocenters. The van der Waals surface area contributed by atoms with Gasteiger partial charge in [-0.05, 0) is 31.4 Å². The van der Waals surface area contributed by atoms with Gasteiger partial charge >= 0.3 is 5.97 Å². The molecule has 4 nitrogen and oxygen atoms in total. The normalized spacial score (nSPS) is 18.0. The number of ether oxygens (including phenoxy) is 1. The van der Waals surface area contributed by atoms with Crippen LogP contribution in [0, 0.1) is 6.07 Å². The van der Waals surface area contributed by atoms with Crippen molar-refractivity contribution in [1.29, 1.82) is 0 Å². The maximum Gasteiger partial charge on any atom is 0.307 e. The summed E-state index contributed by atoms with van der Waals surface area (Å²) in [5, 5.41) is 2.94. The van der Waals surface area contributed by atoms with Crippen molar-refractivity contribution in [3.63, 3.8) is 0 Å². The third-order valence-corrected chi connectivity index (χ3v) is 4.75. The van der Waals surface area contributed by atoms with Gasteiger partial charge in [-0.1, -0.05) is 43.5 Å². The summed E-state index contributed by atoms with van der Waals surface area (Å²) in [5.41, 5.74) is 1.15. The van der Waals surface area contributed by atoms with E-state index in [1.54, 1.807) is 0 Å². The topological polar surface area (TPSA) is 55.4 Å². The number of esters is 1. The molecule has 1 aliphatic rings. The summed E-state index contributed by atoms with van der Waals surface area (Å²) in [6, 6.07) is 10.8. The van der Waals surface area contributed by atoms with Crippen LogP contribution in [0.15, 0.2) is 24.3 Å². The summed E-state index contributed by atoms with van der Waals surface area (Å²) in [5.74, 6) is -0.292. The Hall–Kier alpha value is -1.84. The second-order valence-electron chi connectivity index (χ2n) is 6.56. The van der Waals surface area contributed by atoms with Gasteiger partial charge in [0.25, 0.3) is 0 Å². The van der Waals surface area contributed by atoms with Crippen molar-refractivity contribution in [1.82, 2.24) is 5.32 Å². The molecule has 2 rings (SSSR count). The van der Waals surface area contributed by atoms with Gasteiger partial charge in [-0.2, -0.15) is 0 Å². The molecule has 0 heterocycles. The van der Waals surface area contributed by atoms with E-state index in [0.717, 1.165) is 25.7 Å². The smallest absolute Gasteiger partial charge is 0.307 e. The Labute approximate surface area is 138 Å². The van der Waals surface area contributed by atoms with Crippen LogP contribution in [-0.4, -0.2) is 25.0 Å². The average Bonchev–Trinajstić information content (AvgIpc) is 2.56. The first-order valence-electron chi connectivity index (χ1n) is 8.38. The largest absolute Gasteiger partial charge is 0.469 e. The molecule has 0 spiro atoms. The number of amides is 1. The molecular weight excluding hydrogens is 290 g/mol. The van der Waals surface area contributed by atoms with Crippen LogP contribution < -0.4 is 5.32 Å². The highest BCUT2D eigenvalue weighted by molar-refractivity contribution is 5.79. The first-order chi connectivity index (χ1) is 11.1. The molecule has 0 aliphatic heterocycles. The van der Waals surface area contributed by atoms with Crippen LogP contribution in [-0.2, 0) is 19.7 Å². The van der Waals surface area contributed by atoms with Gasteiger partial charge in [0.05, 0.1) is 13.5 Å². The predicted octanol–water partition coefficient (Wildman–Crippen LogP) is 3.15. The van der Waals surface area contributed by atoms with E-state index < -0.39 is 0 Å². The van der Waals surface area contributed by atoms with E-state index in [0.29, 0.717) is 6.42 Å². The highest BCUT2D eigenvalue weighted by Crippen LogP contribution is 2.42. The molecule has 23 heavy (non-hydrogen) atoms. The highest BCUT2D eigenvalue weighted by atomic mass is 16.5. The molecule has 0 aromatic heterocycles. The molecule has 125 valence electrons. The minimum absolute atomic E-state index is 0.0103. The van der Waals surface area contributed by atoms with Crippen molar-refractivity contribution in [3.8, 4) is 0 Å². The Kier molecular flexibility index (Phi) is 6.20. The van der Waals surface area contributed by atoms with Gasteiger partial charge in [-0.25, -0.2) is 0 Å². The van der Waals surface area contributed by atoms with Crippen molar-refractivity contribution >= 4 is 11.9 Å². The summed E-state index contributed by atoms with van der Waals surface area (Å²) >= 11 is 0. The van der Waals surface area contributed by atoms with Crippen molar-refractivity contribution in [2.45, 2.75) is 63.3 Å². The second-order valence-corrected chi connectivity index (χ2v) is 6.56. The van der Waals surface area contributed by atoms with E-state index in [9.17, 15) is 9.59 Å². The van der Waals surface area contributed by atoms with Gasteiger partial charge in [-0.15, -0.1) is 0 Å². The third kappa shape index (κ3) is 4.81. The minimum atomic E-state index is -0.302. The van der Waals surface area contributed by atoms with Gasteiger partial charge in [0.1, 0.15) is 0 Å². The van der Waals surface area contributed by atoms with E-state index in [1.807, 2.05) is 19.1 Å². The number of hydrogen-bond acceptors (Lipinski definition) is 3. The van der Waals surface area contributed by atoms with E-state index in [4.69, 9.17) is 0 Å². The standard InChI is InChI=1S/C19H26NO3/c1-15(13-18(22)23-2)20-17(21)14-19(11-7-4-8-12-19)16-9-5-3-6-10-16/h5-6,9-10,15H,4,7-8,11-14H2,1-2H3,(H,20,21). The number of carbonyl (C=O) groups excluding carboxylic acids is 2. The monoisotopic (exact) mass is 316 g/mol. The van der Waals surface area contributed by atoms with Crippen LogP contribution in [0.3, 0.4) is 0 Å². The van der Waals surface area contributed by atoms with Gasteiger partial charge in [0.15, 0.2) is 0 Å². The molecule has 0 bridgehead atoms. The van der Waals surface area contributed by atoms with Crippen LogP contribution in [0.4, 0.5) is 0 Å². The Balaban J connectivity index is 2.03. The maximum atomic E-state index is 12.5. The zero-order valence-electron chi connectivity index (χ0n) is 14.1. The lowest BCUT2D eigenvalue weighted by molar-refractivity contribution is -0.141. The number of nitrogens with one attached hydrogen (secondary N) is 1. The minimum Gasteiger partial charge on any atom is -0.469 e. The fraction of sp³-hybridized carbons (Fsp3) is 0.579. The molecule has 1 amide bonds. The van der Waals surface area contributed by atoms with Gasteiger partial charge in [-0.3, -0.25) is 9.59 Å². The van der Waals surface area contributed by atoms with Crippen LogP contribution in [0.2, 0.25) is 0 Å². The molecule has 1 unspecified atom stereocenters. The number of benzene rings is 1. The predicted molar refractivity (Wildman–Crippen MR) is 88.9 cm³/mol. The number of carbonyl (C=O) groups is 2. The third-order valence-electron chi connectivity index (χ3n) is 4.75. The summed E-state index contributed by atoms with van der Waals surface area (Å²) in [6.07, 6.45) is 6.30. The fourth-order valence-corrected chi connectivity index (χ4v) is 3.55. The Bertz CT molecular complexity index is 521. The summed E-state index contributed by atoms with van der Waals surface area (Å²) < 4.78 is 4.65. The molecular formula is C19H26NO3. The number of rotatable bonds is 6. The maximum absolute atomic E-state index is 12.5. The quantitative estimate of drug-likeness (QED) is 0.820. The SMILES string of the molecule is COC(=O)CC(C)NC(=O)CC1(c2cc[c]cc2)CCCCC1. The van der Waals surface area contributed by atoms with Crippen LogP contribution in [0.5, 0.6) is 0 Å². The van der Waals surface area contributed by atoms with Crippen molar-refractivity contribution in [3.05, 3.63) is 35.9 Å². The molecule has 0 saturated heterocycles. The Morgan fingerprint density at radius 2 is 1.91 bits per heavy atom. The van der Waals surface area contributed by atoms with Gasteiger partial charge in [0.2, 0.25) is 5.91 Å². The fourth-order valence-electron chi connectivity index (χ4n) is 3.55. The number of hydrogen-bond donors (Lipinski definition) is 1. The lowest BCUT2D eigenvalue weighted by Crippen LogP contribution is -2.40. The molecule has 1 aromatic carbocycles. The van der Waals surface area contributed by atoms with Crippen molar-refractivity contribution in [2.24, 2.45) is 0 Å². The molecule has 1 aliphatic carbocycles. The van der Waals surface area contributed by atoms with E-state index in [-0.39, 0.29) is 29.8 Å². The molecule has 4 heteroatoms. The molecule has 1 fully saturated rings. The van der Waals surface area contributed by atoms with E-state index >= 15 is 0 Å².